The third-order valence-electron chi connectivity index (χ3n) is 6.36. The highest BCUT2D eigenvalue weighted by atomic mass is 16.5. The first kappa shape index (κ1) is 24.6. The summed E-state index contributed by atoms with van der Waals surface area (Å²) in [5, 5.41) is 0. The monoisotopic (exact) mass is 416 g/mol. The number of esters is 1. The number of hydrogen-bond donors (Lipinski definition) is 0. The van der Waals surface area contributed by atoms with E-state index >= 15 is 0 Å². The fraction of sp³-hybridized carbons (Fsp3) is 0.692. The maximum atomic E-state index is 12.8. The molecule has 1 fully saturated rings. The molecule has 0 aromatic heterocycles. The average molecular weight is 417 g/mol. The first-order valence-corrected chi connectivity index (χ1v) is 11.6. The maximum absolute atomic E-state index is 12.8. The van der Waals surface area contributed by atoms with E-state index in [4.69, 9.17) is 9.47 Å². The molecular weight excluding hydrogens is 376 g/mol. The van der Waals surface area contributed by atoms with Crippen LogP contribution in [0, 0.1) is 31.6 Å². The second kappa shape index (κ2) is 12.2. The van der Waals surface area contributed by atoms with Crippen molar-refractivity contribution in [3.63, 3.8) is 0 Å². The van der Waals surface area contributed by atoms with Crippen molar-refractivity contribution in [3.05, 3.63) is 34.9 Å². The van der Waals surface area contributed by atoms with E-state index in [1.807, 2.05) is 0 Å². The number of ketones is 1. The van der Waals surface area contributed by atoms with E-state index in [1.165, 1.54) is 23.8 Å². The van der Waals surface area contributed by atoms with Gasteiger partial charge in [0.25, 0.3) is 0 Å². The third-order valence-corrected chi connectivity index (χ3v) is 6.36. The van der Waals surface area contributed by atoms with Crippen molar-refractivity contribution in [1.82, 2.24) is 0 Å². The Bertz CT molecular complexity index is 694. The number of carbonyl (C=O) groups excluding carboxylic acids is 2. The van der Waals surface area contributed by atoms with Gasteiger partial charge in [-0.05, 0) is 68.9 Å². The van der Waals surface area contributed by atoms with Gasteiger partial charge in [-0.2, -0.15) is 0 Å². The molecule has 3 unspecified atom stereocenters. The highest BCUT2D eigenvalue weighted by Crippen LogP contribution is 2.41. The van der Waals surface area contributed by atoms with Crippen molar-refractivity contribution in [3.8, 4) is 0 Å². The Morgan fingerprint density at radius 1 is 1.13 bits per heavy atom. The van der Waals surface area contributed by atoms with Crippen LogP contribution < -0.4 is 0 Å². The number of carbonyl (C=O) groups is 2. The lowest BCUT2D eigenvalue weighted by Gasteiger charge is -2.35. The van der Waals surface area contributed by atoms with Gasteiger partial charge in [-0.3, -0.25) is 9.59 Å². The molecule has 0 amide bonds. The predicted octanol–water partition coefficient (Wildman–Crippen LogP) is 6.13. The molecule has 0 spiro atoms. The van der Waals surface area contributed by atoms with E-state index in [0.29, 0.717) is 43.5 Å². The molecule has 1 aromatic rings. The first-order valence-electron chi connectivity index (χ1n) is 11.6. The van der Waals surface area contributed by atoms with Crippen LogP contribution in [0.2, 0.25) is 0 Å². The van der Waals surface area contributed by atoms with Crippen LogP contribution in [-0.2, 0) is 19.1 Å². The van der Waals surface area contributed by atoms with Crippen molar-refractivity contribution >= 4 is 11.8 Å². The number of aryl methyl sites for hydroxylation is 2. The molecule has 1 aromatic carbocycles. The van der Waals surface area contributed by atoms with Crippen LogP contribution >= 0.6 is 0 Å². The lowest BCUT2D eigenvalue weighted by atomic mass is 9.74. The van der Waals surface area contributed by atoms with Crippen LogP contribution in [0.15, 0.2) is 18.2 Å². The molecule has 0 radical (unpaired) electrons. The maximum Gasteiger partial charge on any atom is 0.305 e. The molecule has 0 bridgehead atoms. The summed E-state index contributed by atoms with van der Waals surface area (Å²) >= 11 is 0. The number of hydrogen-bond acceptors (Lipinski definition) is 4. The van der Waals surface area contributed by atoms with Gasteiger partial charge in [-0.1, -0.05) is 44.0 Å². The Hall–Kier alpha value is -1.68. The number of ether oxygens (including phenoxy) is 2. The van der Waals surface area contributed by atoms with Gasteiger partial charge in [-0.25, -0.2) is 0 Å². The number of methoxy groups -OCH3 is 1. The quantitative estimate of drug-likeness (QED) is 0.322. The molecule has 3 atom stereocenters. The van der Waals surface area contributed by atoms with Gasteiger partial charge in [0.05, 0.1) is 13.2 Å². The smallest absolute Gasteiger partial charge is 0.305 e. The van der Waals surface area contributed by atoms with Gasteiger partial charge < -0.3 is 9.47 Å². The van der Waals surface area contributed by atoms with E-state index in [-0.39, 0.29) is 18.0 Å². The van der Waals surface area contributed by atoms with E-state index in [0.717, 1.165) is 32.1 Å². The summed E-state index contributed by atoms with van der Waals surface area (Å²) in [4.78, 5) is 24.2. The zero-order valence-corrected chi connectivity index (χ0v) is 19.5. The van der Waals surface area contributed by atoms with Gasteiger partial charge in [0, 0.05) is 25.4 Å². The van der Waals surface area contributed by atoms with Gasteiger partial charge in [0.15, 0.2) is 0 Å². The first-order chi connectivity index (χ1) is 14.3. The standard InChI is InChI=1S/C26H40O4/c1-18(2)11-14-24(27)21-8-6-9-22(17-21)26(30-15-7-10-25(28)29-5)23-16-19(3)12-13-20(23)4/h12-13,16,18,21-22,26H,6-11,14-15,17H2,1-5H3. The molecular formula is C26H40O4. The van der Waals surface area contributed by atoms with Crippen LogP contribution in [0.3, 0.4) is 0 Å². The topological polar surface area (TPSA) is 52.6 Å². The molecule has 0 saturated heterocycles. The number of Topliss-reactive ketones (excluding diaryl/α,β-unsaturated/α-hetero) is 1. The van der Waals surface area contributed by atoms with Crippen molar-refractivity contribution < 1.29 is 19.1 Å². The van der Waals surface area contributed by atoms with E-state index in [9.17, 15) is 9.59 Å². The molecule has 4 heteroatoms. The molecule has 0 N–H and O–H groups in total. The van der Waals surface area contributed by atoms with Gasteiger partial charge in [-0.15, -0.1) is 0 Å². The SMILES string of the molecule is COC(=O)CCCOC(c1cc(C)ccc1C)C1CCCC(C(=O)CCC(C)C)C1. The fourth-order valence-corrected chi connectivity index (χ4v) is 4.51. The van der Waals surface area contributed by atoms with Crippen LogP contribution in [0.25, 0.3) is 0 Å². The zero-order valence-electron chi connectivity index (χ0n) is 19.5. The van der Waals surface area contributed by atoms with Gasteiger partial charge >= 0.3 is 5.97 Å². The Balaban J connectivity index is 2.11. The summed E-state index contributed by atoms with van der Waals surface area (Å²) < 4.78 is 11.1. The summed E-state index contributed by atoms with van der Waals surface area (Å²) in [6.07, 6.45) is 6.76. The highest BCUT2D eigenvalue weighted by molar-refractivity contribution is 5.81. The minimum absolute atomic E-state index is 0.0248. The predicted molar refractivity (Wildman–Crippen MR) is 120 cm³/mol. The second-order valence-corrected chi connectivity index (χ2v) is 9.35. The third kappa shape index (κ3) is 7.54. The van der Waals surface area contributed by atoms with E-state index in [2.05, 4.69) is 45.9 Å². The molecule has 0 heterocycles. The molecule has 2 rings (SSSR count). The van der Waals surface area contributed by atoms with Crippen molar-refractivity contribution in [1.29, 1.82) is 0 Å². The normalized spacial score (nSPS) is 20.2. The van der Waals surface area contributed by atoms with Crippen LogP contribution in [0.5, 0.6) is 0 Å². The lowest BCUT2D eigenvalue weighted by molar-refractivity contribution is -0.141. The van der Waals surface area contributed by atoms with E-state index < -0.39 is 0 Å². The zero-order chi connectivity index (χ0) is 22.1. The van der Waals surface area contributed by atoms with Crippen molar-refractivity contribution in [2.24, 2.45) is 17.8 Å². The largest absolute Gasteiger partial charge is 0.469 e. The minimum Gasteiger partial charge on any atom is -0.469 e. The molecule has 4 nitrogen and oxygen atoms in total. The molecule has 1 aliphatic carbocycles. The number of benzene rings is 1. The lowest BCUT2D eigenvalue weighted by Crippen LogP contribution is -2.28. The van der Waals surface area contributed by atoms with Gasteiger partial charge in [0.1, 0.15) is 5.78 Å². The highest BCUT2D eigenvalue weighted by Gasteiger charge is 2.33. The van der Waals surface area contributed by atoms with Crippen LogP contribution in [-0.4, -0.2) is 25.5 Å². The Kier molecular flexibility index (Phi) is 10.0. The molecule has 0 aliphatic heterocycles. The van der Waals surface area contributed by atoms with E-state index in [1.54, 1.807) is 0 Å². The summed E-state index contributed by atoms with van der Waals surface area (Å²) in [7, 11) is 1.42. The summed E-state index contributed by atoms with van der Waals surface area (Å²) in [5.41, 5.74) is 3.68. The Morgan fingerprint density at radius 3 is 2.60 bits per heavy atom. The summed E-state index contributed by atoms with van der Waals surface area (Å²) in [6, 6.07) is 6.51. The summed E-state index contributed by atoms with van der Waals surface area (Å²) in [5.74, 6) is 1.29. The van der Waals surface area contributed by atoms with Crippen LogP contribution in [0.1, 0.15) is 88.0 Å². The molecule has 1 aliphatic rings. The molecule has 30 heavy (non-hydrogen) atoms. The van der Waals surface area contributed by atoms with Crippen molar-refractivity contribution in [2.75, 3.05) is 13.7 Å². The van der Waals surface area contributed by atoms with Crippen LogP contribution in [0.4, 0.5) is 0 Å². The summed E-state index contributed by atoms with van der Waals surface area (Å²) in [6.45, 7) is 9.12. The number of rotatable bonds is 11. The Labute approximate surface area is 182 Å². The van der Waals surface area contributed by atoms with Gasteiger partial charge in [0.2, 0.25) is 0 Å². The molecule has 168 valence electrons. The van der Waals surface area contributed by atoms with Crippen molar-refractivity contribution in [2.45, 2.75) is 85.2 Å². The second-order valence-electron chi connectivity index (χ2n) is 9.35. The Morgan fingerprint density at radius 2 is 1.90 bits per heavy atom. The fourth-order valence-electron chi connectivity index (χ4n) is 4.51. The molecule has 1 saturated carbocycles. The minimum atomic E-state index is -0.199. The average Bonchev–Trinajstić information content (AvgIpc) is 2.73.